The molecule has 34 heavy (non-hydrogen) atoms. The van der Waals surface area contributed by atoms with E-state index in [0.717, 1.165) is 15.6 Å². The number of esters is 2. The monoisotopic (exact) mass is 515 g/mol. The molecule has 2 saturated heterocycles. The molecule has 3 aromatic rings. The van der Waals surface area contributed by atoms with Crippen molar-refractivity contribution >= 4 is 45.1 Å². The highest BCUT2D eigenvalue weighted by Gasteiger charge is 2.76. The zero-order valence-electron chi connectivity index (χ0n) is 18.0. The first-order chi connectivity index (χ1) is 16.4. The molecule has 0 unspecified atom stereocenters. The van der Waals surface area contributed by atoms with Crippen LogP contribution in [0.4, 0.5) is 5.69 Å². The van der Waals surface area contributed by atoms with Crippen LogP contribution in [-0.2, 0) is 14.3 Å². The first-order valence-corrected chi connectivity index (χ1v) is 11.7. The SMILES string of the molecule is Cc1ccc([C@@H]2[C@H]3C(=O)OC(=O)[C@@H]3C3(C(=O)c4ccccc4C3=O)N2c2ccc(Br)cc2)cc1. The zero-order chi connectivity index (χ0) is 23.8. The minimum atomic E-state index is -1.90. The summed E-state index contributed by atoms with van der Waals surface area (Å²) in [5.74, 6) is -4.75. The molecule has 0 amide bonds. The van der Waals surface area contributed by atoms with Crippen LogP contribution in [-0.4, -0.2) is 29.0 Å². The van der Waals surface area contributed by atoms with Gasteiger partial charge in [0.2, 0.25) is 0 Å². The van der Waals surface area contributed by atoms with Crippen molar-refractivity contribution in [3.63, 3.8) is 0 Å². The number of ether oxygens (including phenoxy) is 1. The Bertz CT molecular complexity index is 1360. The molecule has 2 fully saturated rings. The summed E-state index contributed by atoms with van der Waals surface area (Å²) < 4.78 is 5.89. The second-order valence-corrected chi connectivity index (χ2v) is 9.83. The number of fused-ring (bicyclic) bond motifs is 3. The van der Waals surface area contributed by atoms with Gasteiger partial charge >= 0.3 is 11.9 Å². The predicted molar refractivity (Wildman–Crippen MR) is 126 cm³/mol. The molecule has 1 aliphatic carbocycles. The molecule has 0 N–H and O–H groups in total. The lowest BCUT2D eigenvalue weighted by atomic mass is 9.76. The Kier molecular flexibility index (Phi) is 4.45. The standard InChI is InChI=1S/C27H18BrNO5/c1-14-6-8-15(9-7-14)22-20-21(26(33)34-25(20)32)27(29(22)17-12-10-16(28)11-13-17)23(30)18-4-2-3-5-19(18)24(27)31/h2-13,20-22H,1H3/t20-,21+,22+/m0/s1. The van der Waals surface area contributed by atoms with Crippen LogP contribution in [0.25, 0.3) is 0 Å². The van der Waals surface area contributed by atoms with Crippen LogP contribution in [0.15, 0.2) is 77.3 Å². The van der Waals surface area contributed by atoms with Crippen LogP contribution in [0.3, 0.4) is 0 Å². The summed E-state index contributed by atoms with van der Waals surface area (Å²) in [4.78, 5) is 56.2. The van der Waals surface area contributed by atoms with E-state index in [1.54, 1.807) is 53.4 Å². The minimum absolute atomic E-state index is 0.255. The average molecular weight is 516 g/mol. The number of carbonyl (C=O) groups excluding carboxylic acids is 4. The van der Waals surface area contributed by atoms with Gasteiger partial charge < -0.3 is 9.64 Å². The Labute approximate surface area is 203 Å². The smallest absolute Gasteiger partial charge is 0.320 e. The van der Waals surface area contributed by atoms with Gasteiger partial charge in [-0.3, -0.25) is 19.2 Å². The maximum Gasteiger partial charge on any atom is 0.320 e. The Morgan fingerprint density at radius 2 is 1.38 bits per heavy atom. The van der Waals surface area contributed by atoms with Gasteiger partial charge in [0.25, 0.3) is 0 Å². The van der Waals surface area contributed by atoms with E-state index in [2.05, 4.69) is 15.9 Å². The first kappa shape index (κ1) is 21.0. The molecule has 6 rings (SSSR count). The number of ketones is 2. The van der Waals surface area contributed by atoms with Gasteiger partial charge in [-0.05, 0) is 36.8 Å². The van der Waals surface area contributed by atoms with Crippen molar-refractivity contribution in [1.82, 2.24) is 0 Å². The van der Waals surface area contributed by atoms with E-state index in [1.807, 2.05) is 31.2 Å². The molecule has 0 bridgehead atoms. The molecular weight excluding hydrogens is 498 g/mol. The quantitative estimate of drug-likeness (QED) is 0.370. The maximum absolute atomic E-state index is 14.1. The summed E-state index contributed by atoms with van der Waals surface area (Å²) in [6, 6.07) is 20.6. The third kappa shape index (κ3) is 2.56. The summed E-state index contributed by atoms with van der Waals surface area (Å²) >= 11 is 3.43. The molecule has 3 aromatic carbocycles. The van der Waals surface area contributed by atoms with Crippen molar-refractivity contribution in [3.05, 3.63) is 99.5 Å². The normalized spacial score (nSPS) is 24.5. The Morgan fingerprint density at radius 3 is 1.97 bits per heavy atom. The van der Waals surface area contributed by atoms with Crippen molar-refractivity contribution in [1.29, 1.82) is 0 Å². The van der Waals surface area contributed by atoms with Crippen molar-refractivity contribution < 1.29 is 23.9 Å². The third-order valence-electron chi connectivity index (χ3n) is 7.17. The molecular formula is C27H18BrNO5. The van der Waals surface area contributed by atoms with Gasteiger partial charge in [0, 0.05) is 21.3 Å². The minimum Gasteiger partial charge on any atom is -0.393 e. The van der Waals surface area contributed by atoms with Crippen LogP contribution in [0.2, 0.25) is 0 Å². The average Bonchev–Trinajstić information content (AvgIpc) is 3.39. The summed E-state index contributed by atoms with van der Waals surface area (Å²) in [5, 5.41) is 0. The van der Waals surface area contributed by atoms with Gasteiger partial charge in [-0.2, -0.15) is 0 Å². The van der Waals surface area contributed by atoms with Crippen LogP contribution < -0.4 is 4.90 Å². The molecule has 1 spiro atoms. The fourth-order valence-electron chi connectivity index (χ4n) is 5.76. The molecule has 0 radical (unpaired) electrons. The zero-order valence-corrected chi connectivity index (χ0v) is 19.6. The maximum atomic E-state index is 14.1. The van der Waals surface area contributed by atoms with Gasteiger partial charge in [0.15, 0.2) is 17.1 Å². The number of anilines is 1. The van der Waals surface area contributed by atoms with Crippen molar-refractivity contribution in [2.45, 2.75) is 18.5 Å². The van der Waals surface area contributed by atoms with E-state index in [9.17, 15) is 19.2 Å². The molecule has 7 heteroatoms. The van der Waals surface area contributed by atoms with E-state index in [1.165, 1.54) is 0 Å². The lowest BCUT2D eigenvalue weighted by molar-refractivity contribution is -0.154. The number of aryl methyl sites for hydroxylation is 1. The molecule has 0 aromatic heterocycles. The van der Waals surface area contributed by atoms with Crippen molar-refractivity contribution in [3.8, 4) is 0 Å². The van der Waals surface area contributed by atoms with Crippen LogP contribution >= 0.6 is 15.9 Å². The van der Waals surface area contributed by atoms with Gasteiger partial charge in [0.05, 0.1) is 12.0 Å². The summed E-state index contributed by atoms with van der Waals surface area (Å²) in [5.41, 5.74) is 0.923. The number of hydrogen-bond donors (Lipinski definition) is 0. The number of carbonyl (C=O) groups is 4. The highest BCUT2D eigenvalue weighted by Crippen LogP contribution is 2.59. The van der Waals surface area contributed by atoms with Crippen LogP contribution in [0.5, 0.6) is 0 Å². The second-order valence-electron chi connectivity index (χ2n) is 8.92. The third-order valence-corrected chi connectivity index (χ3v) is 7.70. The summed E-state index contributed by atoms with van der Waals surface area (Å²) in [7, 11) is 0. The Morgan fingerprint density at radius 1 is 0.794 bits per heavy atom. The fourth-order valence-corrected chi connectivity index (χ4v) is 6.03. The topological polar surface area (TPSA) is 80.8 Å². The molecule has 3 atom stereocenters. The van der Waals surface area contributed by atoms with E-state index in [0.29, 0.717) is 5.69 Å². The number of hydrogen-bond acceptors (Lipinski definition) is 6. The number of nitrogens with zero attached hydrogens (tertiary/aromatic N) is 1. The number of halogens is 1. The molecule has 3 aliphatic rings. The van der Waals surface area contributed by atoms with Gasteiger partial charge in [-0.15, -0.1) is 0 Å². The molecule has 0 saturated carbocycles. The molecule has 168 valence electrons. The summed E-state index contributed by atoms with van der Waals surface area (Å²) in [6.07, 6.45) is 0. The predicted octanol–water partition coefficient (Wildman–Crippen LogP) is 4.45. The fraction of sp³-hybridized carbons (Fsp3) is 0.185. The van der Waals surface area contributed by atoms with Gasteiger partial charge in [0.1, 0.15) is 5.92 Å². The van der Waals surface area contributed by atoms with Gasteiger partial charge in [-0.25, -0.2) is 0 Å². The van der Waals surface area contributed by atoms with Crippen LogP contribution in [0.1, 0.15) is 37.9 Å². The molecule has 2 aliphatic heterocycles. The van der Waals surface area contributed by atoms with Crippen molar-refractivity contribution in [2.24, 2.45) is 11.8 Å². The number of benzene rings is 3. The lowest BCUT2D eigenvalue weighted by Crippen LogP contribution is -2.59. The summed E-state index contributed by atoms with van der Waals surface area (Å²) in [6.45, 7) is 1.95. The largest absolute Gasteiger partial charge is 0.393 e. The molecule has 2 heterocycles. The van der Waals surface area contributed by atoms with E-state index < -0.39 is 46.9 Å². The van der Waals surface area contributed by atoms with E-state index in [-0.39, 0.29) is 11.1 Å². The Balaban J connectivity index is 1.68. The highest BCUT2D eigenvalue weighted by atomic mass is 79.9. The first-order valence-electron chi connectivity index (χ1n) is 10.9. The second kappa shape index (κ2) is 7.21. The highest BCUT2D eigenvalue weighted by molar-refractivity contribution is 9.10. The molecule has 6 nitrogen and oxygen atoms in total. The number of Topliss-reactive ketones (excluding diaryl/α,β-unsaturated/α-hetero) is 2. The van der Waals surface area contributed by atoms with E-state index in [4.69, 9.17) is 4.74 Å². The lowest BCUT2D eigenvalue weighted by Gasteiger charge is -2.39. The van der Waals surface area contributed by atoms with Crippen molar-refractivity contribution in [2.75, 3.05) is 4.90 Å². The van der Waals surface area contributed by atoms with Gasteiger partial charge in [-0.1, -0.05) is 70.0 Å². The Hall–Kier alpha value is -3.58. The van der Waals surface area contributed by atoms with E-state index >= 15 is 0 Å². The number of cyclic esters (lactones) is 2. The van der Waals surface area contributed by atoms with Crippen LogP contribution in [0, 0.1) is 18.8 Å². The number of rotatable bonds is 2.